The Bertz CT molecular complexity index is 1550. The average Bonchev–Trinajstić information content (AvgIpc) is 3.30. The molecule has 13 heteroatoms. The maximum Gasteiger partial charge on any atom is 0.264 e. The van der Waals surface area contributed by atoms with Crippen molar-refractivity contribution < 1.29 is 30.5 Å². The van der Waals surface area contributed by atoms with Crippen molar-refractivity contribution in [1.82, 2.24) is 0 Å². The number of fused-ring (bicyclic) bond motifs is 2. The SMILES string of the molecule is O=S(=O)(O)CCCCC1C(=Cc2sc3ccc(Br)cc3[n+]2CCCCS(=O)(=O)O)Sc2ccc(Br)cc21. The van der Waals surface area contributed by atoms with Gasteiger partial charge in [-0.2, -0.15) is 21.4 Å². The van der Waals surface area contributed by atoms with Gasteiger partial charge in [0.2, 0.25) is 5.52 Å². The Morgan fingerprint density at radius 1 is 0.892 bits per heavy atom. The first-order chi connectivity index (χ1) is 17.4. The summed E-state index contributed by atoms with van der Waals surface area (Å²) in [4.78, 5) is 2.33. The molecule has 0 fully saturated rings. The molecule has 0 aliphatic carbocycles. The van der Waals surface area contributed by atoms with Gasteiger partial charge in [-0.05, 0) is 55.2 Å². The second kappa shape index (κ2) is 12.2. The first-order valence-electron chi connectivity index (χ1n) is 11.6. The zero-order chi connectivity index (χ0) is 26.8. The Morgan fingerprint density at radius 3 is 2.24 bits per heavy atom. The number of rotatable bonds is 11. The third-order valence-corrected chi connectivity index (χ3v) is 11.0. The van der Waals surface area contributed by atoms with E-state index in [4.69, 9.17) is 9.11 Å². The van der Waals surface area contributed by atoms with E-state index in [0.29, 0.717) is 32.2 Å². The van der Waals surface area contributed by atoms with Crippen LogP contribution < -0.4 is 4.57 Å². The largest absolute Gasteiger partial charge is 0.286 e. The van der Waals surface area contributed by atoms with Gasteiger partial charge in [0.15, 0.2) is 6.54 Å². The van der Waals surface area contributed by atoms with Crippen molar-refractivity contribution in [3.63, 3.8) is 0 Å². The second-order valence-electron chi connectivity index (χ2n) is 8.86. The molecule has 0 amide bonds. The lowest BCUT2D eigenvalue weighted by Gasteiger charge is -2.13. The number of aryl methyl sites for hydroxylation is 1. The van der Waals surface area contributed by atoms with Gasteiger partial charge in [-0.1, -0.05) is 61.4 Å². The van der Waals surface area contributed by atoms with E-state index < -0.39 is 20.2 Å². The minimum atomic E-state index is -3.99. The molecule has 0 spiro atoms. The highest BCUT2D eigenvalue weighted by Gasteiger charge is 2.30. The lowest BCUT2D eigenvalue weighted by molar-refractivity contribution is -0.669. The van der Waals surface area contributed by atoms with E-state index in [-0.39, 0.29) is 17.4 Å². The van der Waals surface area contributed by atoms with Crippen molar-refractivity contribution in [1.29, 1.82) is 0 Å². The van der Waals surface area contributed by atoms with Gasteiger partial charge >= 0.3 is 0 Å². The standard InChI is InChI=1S/C24H25Br2NO6S4/c25-16-6-8-21-19(13-16)18(5-1-3-11-36(28,29)30)23(34-21)15-24-27(10-2-4-12-37(31,32)33)20-14-17(26)7-9-22(20)35-24/h6-9,13-15,18H,1-5,10-12H2,(H-,28,29,30,31,32,33)/p+1. The molecule has 0 saturated heterocycles. The van der Waals surface area contributed by atoms with Crippen molar-refractivity contribution >= 4 is 91.5 Å². The molecule has 0 bridgehead atoms. The number of unbranched alkanes of at least 4 members (excludes halogenated alkanes) is 2. The molecule has 37 heavy (non-hydrogen) atoms. The van der Waals surface area contributed by atoms with E-state index in [1.54, 1.807) is 23.1 Å². The van der Waals surface area contributed by atoms with Crippen LogP contribution in [0.3, 0.4) is 0 Å². The van der Waals surface area contributed by atoms with E-state index in [2.05, 4.69) is 66.8 Å². The van der Waals surface area contributed by atoms with Gasteiger partial charge in [0.05, 0.1) is 11.5 Å². The number of allylic oxidation sites excluding steroid dienone is 1. The number of halogens is 2. The van der Waals surface area contributed by atoms with Crippen LogP contribution in [0, 0.1) is 0 Å². The lowest BCUT2D eigenvalue weighted by atomic mass is 9.93. The maximum atomic E-state index is 11.2. The van der Waals surface area contributed by atoms with Crippen molar-refractivity contribution in [2.24, 2.45) is 0 Å². The van der Waals surface area contributed by atoms with Gasteiger partial charge in [-0.15, -0.1) is 0 Å². The molecule has 7 nitrogen and oxygen atoms in total. The molecule has 0 saturated carbocycles. The van der Waals surface area contributed by atoms with Crippen molar-refractivity contribution in [3.8, 4) is 0 Å². The monoisotopic (exact) mass is 710 g/mol. The van der Waals surface area contributed by atoms with E-state index in [1.807, 2.05) is 12.1 Å². The molecule has 0 radical (unpaired) electrons. The highest BCUT2D eigenvalue weighted by Crippen LogP contribution is 2.52. The molecule has 200 valence electrons. The van der Waals surface area contributed by atoms with Crippen LogP contribution in [0.4, 0.5) is 0 Å². The molecule has 1 aliphatic rings. The predicted octanol–water partition coefficient (Wildman–Crippen LogP) is 6.67. The smallest absolute Gasteiger partial charge is 0.264 e. The summed E-state index contributed by atoms with van der Waals surface area (Å²) in [7, 11) is -7.97. The predicted molar refractivity (Wildman–Crippen MR) is 156 cm³/mol. The second-order valence-corrected chi connectivity index (χ2v) is 16.0. The fourth-order valence-electron chi connectivity index (χ4n) is 4.39. The van der Waals surface area contributed by atoms with Crippen LogP contribution in [0.2, 0.25) is 0 Å². The Hall–Kier alpha value is -0.800. The summed E-state index contributed by atoms with van der Waals surface area (Å²) >= 11 is 10.5. The quantitative estimate of drug-likeness (QED) is 0.130. The number of nitrogens with zero attached hydrogens (tertiary/aromatic N) is 1. The summed E-state index contributed by atoms with van der Waals surface area (Å²) in [6.45, 7) is 0.604. The summed E-state index contributed by atoms with van der Waals surface area (Å²) in [5, 5.41) is 1.04. The van der Waals surface area contributed by atoms with Crippen molar-refractivity contribution in [2.45, 2.75) is 49.5 Å². The first kappa shape index (κ1) is 29.2. The maximum absolute atomic E-state index is 11.2. The van der Waals surface area contributed by atoms with Gasteiger partial charge < -0.3 is 0 Å². The van der Waals surface area contributed by atoms with Crippen molar-refractivity contribution in [2.75, 3.05) is 11.5 Å². The number of hydrogen-bond acceptors (Lipinski definition) is 6. The third kappa shape index (κ3) is 8.10. The minimum Gasteiger partial charge on any atom is -0.286 e. The summed E-state index contributed by atoms with van der Waals surface area (Å²) in [6.07, 6.45) is 4.94. The van der Waals surface area contributed by atoms with E-state index in [0.717, 1.165) is 40.4 Å². The highest BCUT2D eigenvalue weighted by molar-refractivity contribution is 9.10. The summed E-state index contributed by atoms with van der Waals surface area (Å²) in [5.74, 6) is -0.406. The van der Waals surface area contributed by atoms with E-state index in [1.165, 1.54) is 5.56 Å². The van der Waals surface area contributed by atoms with Gasteiger partial charge in [0.25, 0.3) is 25.2 Å². The van der Waals surface area contributed by atoms with E-state index in [9.17, 15) is 16.8 Å². The first-order valence-corrected chi connectivity index (χ1v) is 18.0. The molecular formula is C24H26Br2NO6S4+. The van der Waals surface area contributed by atoms with Crippen LogP contribution >= 0.6 is 55.0 Å². The summed E-state index contributed by atoms with van der Waals surface area (Å²) in [5.41, 5.74) is 2.24. The molecule has 3 aromatic rings. The molecule has 2 N–H and O–H groups in total. The minimum absolute atomic E-state index is 0.101. The molecule has 2 aromatic carbocycles. The third-order valence-electron chi connectivity index (χ3n) is 6.06. The fourth-order valence-corrected chi connectivity index (χ4v) is 8.71. The zero-order valence-corrected chi connectivity index (χ0v) is 26.1. The molecule has 1 aromatic heterocycles. The summed E-state index contributed by atoms with van der Waals surface area (Å²) < 4.78 is 68.1. The molecule has 1 unspecified atom stereocenters. The Morgan fingerprint density at radius 2 is 1.54 bits per heavy atom. The van der Waals surface area contributed by atoms with Gasteiger partial charge in [-0.25, -0.2) is 0 Å². The topological polar surface area (TPSA) is 113 Å². The van der Waals surface area contributed by atoms with Crippen LogP contribution in [0.25, 0.3) is 16.3 Å². The molecule has 4 rings (SSSR count). The normalized spacial score (nSPS) is 17.1. The fraction of sp³-hybridized carbons (Fsp3) is 0.375. The molecule has 1 aliphatic heterocycles. The van der Waals surface area contributed by atoms with E-state index >= 15 is 0 Å². The van der Waals surface area contributed by atoms with Gasteiger partial charge in [0, 0.05) is 43.2 Å². The zero-order valence-electron chi connectivity index (χ0n) is 19.6. The lowest BCUT2D eigenvalue weighted by Crippen LogP contribution is -2.35. The molecular weight excluding hydrogens is 686 g/mol. The van der Waals surface area contributed by atoms with Crippen LogP contribution in [-0.4, -0.2) is 37.4 Å². The average molecular weight is 713 g/mol. The Balaban J connectivity index is 1.66. The van der Waals surface area contributed by atoms with Crippen molar-refractivity contribution in [3.05, 3.63) is 60.8 Å². The number of aromatic nitrogens is 1. The Labute approximate surface area is 242 Å². The van der Waals surface area contributed by atoms with Crippen LogP contribution in [0.15, 0.2) is 55.1 Å². The van der Waals surface area contributed by atoms with Gasteiger partial charge in [-0.3, -0.25) is 9.11 Å². The number of benzene rings is 2. The summed E-state index contributed by atoms with van der Waals surface area (Å²) in [6, 6.07) is 12.3. The number of thioether (sulfide) groups is 1. The van der Waals surface area contributed by atoms with Crippen LogP contribution in [-0.2, 0) is 26.8 Å². The molecule has 2 heterocycles. The number of thiazole rings is 1. The highest BCUT2D eigenvalue weighted by atomic mass is 79.9. The van der Waals surface area contributed by atoms with Crippen LogP contribution in [0.5, 0.6) is 0 Å². The molecule has 1 atom stereocenters. The van der Waals surface area contributed by atoms with Crippen LogP contribution in [0.1, 0.15) is 48.6 Å². The van der Waals surface area contributed by atoms with Gasteiger partial charge in [0.1, 0.15) is 4.70 Å². The Kier molecular flexibility index (Phi) is 9.59. The number of hydrogen-bond donors (Lipinski definition) is 2.